The van der Waals surface area contributed by atoms with Crippen LogP contribution in [0.15, 0.2) is 0 Å². The second-order valence-corrected chi connectivity index (χ2v) is 3.35. The number of carbonyl (C=O) groups is 3. The molecule has 0 atom stereocenters. The second-order valence-electron chi connectivity index (χ2n) is 3.35. The Kier molecular flexibility index (Phi) is 10.3. The summed E-state index contributed by atoms with van der Waals surface area (Å²) in [7, 11) is 0. The van der Waals surface area contributed by atoms with E-state index in [4.69, 9.17) is 0 Å². The summed E-state index contributed by atoms with van der Waals surface area (Å²) in [5.41, 5.74) is 0. The first-order valence-corrected chi connectivity index (χ1v) is 5.38. The van der Waals surface area contributed by atoms with Gasteiger partial charge in [-0.3, -0.25) is 14.4 Å². The molecule has 0 radical (unpaired) electrons. The van der Waals surface area contributed by atoms with Crippen molar-refractivity contribution in [1.82, 2.24) is 15.5 Å². The number of hydrogen-bond acceptors (Lipinski definition) is 3. The zero-order valence-electron chi connectivity index (χ0n) is 9.35. The Morgan fingerprint density at radius 1 is 0.812 bits per heavy atom. The molecule has 0 aromatic rings. The van der Waals surface area contributed by atoms with Crippen LogP contribution in [0.2, 0.25) is 0 Å². The Hall–Kier alpha value is -1.59. The summed E-state index contributed by atoms with van der Waals surface area (Å²) in [4.78, 5) is 32.2. The molecule has 0 unspecified atom stereocenters. The standard InChI is InChI=1S/C10H19N3O3/c14-8-11-4-1-2-6-13(10-16)7-3-5-12-9-15/h8-10H,1-7H2,(H,11,14)(H,12,15). The number of nitrogens with zero attached hydrogens (tertiary/aromatic N) is 1. The van der Waals surface area contributed by atoms with Crippen molar-refractivity contribution in [3.05, 3.63) is 0 Å². The SMILES string of the molecule is O=CNCCCCN(C=O)CCCNC=O. The van der Waals surface area contributed by atoms with E-state index >= 15 is 0 Å². The molecule has 0 aromatic carbocycles. The average molecular weight is 229 g/mol. The number of hydrogen-bond donors (Lipinski definition) is 2. The van der Waals surface area contributed by atoms with Gasteiger partial charge < -0.3 is 15.5 Å². The third kappa shape index (κ3) is 8.98. The average Bonchev–Trinajstić information content (AvgIpc) is 2.31. The van der Waals surface area contributed by atoms with Crippen LogP contribution in [-0.2, 0) is 14.4 Å². The van der Waals surface area contributed by atoms with E-state index in [9.17, 15) is 14.4 Å². The molecule has 3 amide bonds. The quantitative estimate of drug-likeness (QED) is 0.336. The zero-order valence-corrected chi connectivity index (χ0v) is 9.35. The number of rotatable bonds is 12. The molecule has 0 bridgehead atoms. The van der Waals surface area contributed by atoms with E-state index in [0.717, 1.165) is 25.7 Å². The van der Waals surface area contributed by atoms with Crippen LogP contribution in [0.3, 0.4) is 0 Å². The number of carbonyl (C=O) groups excluding carboxylic acids is 3. The third-order valence-electron chi connectivity index (χ3n) is 2.10. The van der Waals surface area contributed by atoms with Gasteiger partial charge in [0.1, 0.15) is 0 Å². The van der Waals surface area contributed by atoms with E-state index in [1.807, 2.05) is 0 Å². The maximum atomic E-state index is 10.7. The summed E-state index contributed by atoms with van der Waals surface area (Å²) in [6, 6.07) is 0. The van der Waals surface area contributed by atoms with Gasteiger partial charge in [-0.25, -0.2) is 0 Å². The molecule has 16 heavy (non-hydrogen) atoms. The molecule has 0 fully saturated rings. The third-order valence-corrected chi connectivity index (χ3v) is 2.10. The fourth-order valence-electron chi connectivity index (χ4n) is 1.26. The van der Waals surface area contributed by atoms with Gasteiger partial charge in [0.15, 0.2) is 0 Å². The number of nitrogens with one attached hydrogen (secondary N) is 2. The van der Waals surface area contributed by atoms with Crippen LogP contribution in [0.5, 0.6) is 0 Å². The van der Waals surface area contributed by atoms with Gasteiger partial charge in [-0.2, -0.15) is 0 Å². The van der Waals surface area contributed by atoms with Crippen LogP contribution in [-0.4, -0.2) is 50.3 Å². The number of unbranched alkanes of at least 4 members (excludes halogenated alkanes) is 1. The summed E-state index contributed by atoms with van der Waals surface area (Å²) >= 11 is 0. The zero-order chi connectivity index (χ0) is 12.1. The molecule has 0 aromatic heterocycles. The highest BCUT2D eigenvalue weighted by Crippen LogP contribution is 1.93. The first-order chi connectivity index (χ1) is 7.85. The van der Waals surface area contributed by atoms with E-state index < -0.39 is 0 Å². The van der Waals surface area contributed by atoms with E-state index in [2.05, 4.69) is 10.6 Å². The summed E-state index contributed by atoms with van der Waals surface area (Å²) in [6.07, 6.45) is 4.60. The molecular weight excluding hydrogens is 210 g/mol. The highest BCUT2D eigenvalue weighted by Gasteiger charge is 2.00. The van der Waals surface area contributed by atoms with Crippen LogP contribution in [0, 0.1) is 0 Å². The molecule has 2 N–H and O–H groups in total. The van der Waals surface area contributed by atoms with Gasteiger partial charge in [-0.05, 0) is 19.3 Å². The predicted octanol–water partition coefficient (Wildman–Crippen LogP) is -0.893. The van der Waals surface area contributed by atoms with Gasteiger partial charge in [0.05, 0.1) is 0 Å². The minimum Gasteiger partial charge on any atom is -0.359 e. The minimum atomic E-state index is 0.584. The molecule has 92 valence electrons. The molecule has 0 heterocycles. The maximum absolute atomic E-state index is 10.7. The molecule has 0 aliphatic carbocycles. The molecular formula is C10H19N3O3. The molecule has 0 spiro atoms. The first kappa shape index (κ1) is 14.4. The van der Waals surface area contributed by atoms with Crippen LogP contribution in [0.25, 0.3) is 0 Å². The van der Waals surface area contributed by atoms with Gasteiger partial charge in [0, 0.05) is 26.2 Å². The van der Waals surface area contributed by atoms with Crippen LogP contribution < -0.4 is 10.6 Å². The van der Waals surface area contributed by atoms with E-state index in [-0.39, 0.29) is 0 Å². The lowest BCUT2D eigenvalue weighted by molar-refractivity contribution is -0.118. The summed E-state index contributed by atoms with van der Waals surface area (Å²) in [5.74, 6) is 0. The topological polar surface area (TPSA) is 78.5 Å². The van der Waals surface area contributed by atoms with Gasteiger partial charge in [-0.15, -0.1) is 0 Å². The molecule has 6 heteroatoms. The Morgan fingerprint density at radius 3 is 1.94 bits per heavy atom. The monoisotopic (exact) mass is 229 g/mol. The van der Waals surface area contributed by atoms with Crippen LogP contribution in [0.1, 0.15) is 19.3 Å². The maximum Gasteiger partial charge on any atom is 0.209 e. The fraction of sp³-hybridized carbons (Fsp3) is 0.700. The Bertz CT molecular complexity index is 200. The van der Waals surface area contributed by atoms with Crippen molar-refractivity contribution in [2.75, 3.05) is 26.2 Å². The van der Waals surface area contributed by atoms with Crippen molar-refractivity contribution < 1.29 is 14.4 Å². The van der Waals surface area contributed by atoms with Crippen molar-refractivity contribution in [3.8, 4) is 0 Å². The van der Waals surface area contributed by atoms with Crippen molar-refractivity contribution in [2.24, 2.45) is 0 Å². The lowest BCUT2D eigenvalue weighted by atomic mass is 10.3. The van der Waals surface area contributed by atoms with E-state index in [0.29, 0.717) is 39.0 Å². The summed E-state index contributed by atoms with van der Waals surface area (Å²) in [5, 5.41) is 5.10. The normalized spacial score (nSPS) is 9.25. The van der Waals surface area contributed by atoms with Crippen molar-refractivity contribution in [2.45, 2.75) is 19.3 Å². The molecule has 0 rings (SSSR count). The lowest BCUT2D eigenvalue weighted by Crippen LogP contribution is -2.27. The Balaban J connectivity index is 3.39. The predicted molar refractivity (Wildman–Crippen MR) is 59.6 cm³/mol. The Labute approximate surface area is 95.4 Å². The van der Waals surface area contributed by atoms with Gasteiger partial charge >= 0.3 is 0 Å². The van der Waals surface area contributed by atoms with Crippen LogP contribution in [0.4, 0.5) is 0 Å². The molecule has 0 aliphatic heterocycles. The van der Waals surface area contributed by atoms with Gasteiger partial charge in [-0.1, -0.05) is 0 Å². The summed E-state index contributed by atoms with van der Waals surface area (Å²) in [6.45, 7) is 2.56. The van der Waals surface area contributed by atoms with E-state index in [1.54, 1.807) is 4.90 Å². The fourth-order valence-corrected chi connectivity index (χ4v) is 1.26. The molecule has 0 saturated carbocycles. The molecule has 0 aliphatic rings. The van der Waals surface area contributed by atoms with Crippen LogP contribution >= 0.6 is 0 Å². The highest BCUT2D eigenvalue weighted by atomic mass is 16.1. The minimum absolute atomic E-state index is 0.584. The van der Waals surface area contributed by atoms with Crippen molar-refractivity contribution >= 4 is 19.2 Å². The van der Waals surface area contributed by atoms with Gasteiger partial charge in [0.25, 0.3) is 0 Å². The van der Waals surface area contributed by atoms with Crippen molar-refractivity contribution in [3.63, 3.8) is 0 Å². The van der Waals surface area contributed by atoms with E-state index in [1.165, 1.54) is 0 Å². The number of amides is 3. The molecule has 0 saturated heterocycles. The van der Waals surface area contributed by atoms with Crippen molar-refractivity contribution in [1.29, 1.82) is 0 Å². The highest BCUT2D eigenvalue weighted by molar-refractivity contribution is 5.47. The smallest absolute Gasteiger partial charge is 0.209 e. The second kappa shape index (κ2) is 11.5. The first-order valence-electron chi connectivity index (χ1n) is 5.38. The largest absolute Gasteiger partial charge is 0.359 e. The Morgan fingerprint density at radius 2 is 1.38 bits per heavy atom. The lowest BCUT2D eigenvalue weighted by Gasteiger charge is -2.16. The molecule has 6 nitrogen and oxygen atoms in total. The van der Waals surface area contributed by atoms with Gasteiger partial charge in [0.2, 0.25) is 19.2 Å². The summed E-state index contributed by atoms with van der Waals surface area (Å²) < 4.78 is 0.